The van der Waals surface area contributed by atoms with Gasteiger partial charge in [0, 0.05) is 44.3 Å². The molecule has 29 heavy (non-hydrogen) atoms. The zero-order valence-electron chi connectivity index (χ0n) is 16.8. The Morgan fingerprint density at radius 2 is 1.55 bits per heavy atom. The van der Waals surface area contributed by atoms with Gasteiger partial charge in [0.15, 0.2) is 0 Å². The summed E-state index contributed by atoms with van der Waals surface area (Å²) in [4.78, 5) is 13.3. The maximum Gasteiger partial charge on any atom is 0.293 e. The lowest BCUT2D eigenvalue weighted by Gasteiger charge is -2.34. The third-order valence-corrected chi connectivity index (χ3v) is 8.13. The van der Waals surface area contributed by atoms with E-state index in [-0.39, 0.29) is 10.6 Å². The Kier molecular flexibility index (Phi) is 6.08. The van der Waals surface area contributed by atoms with Crippen molar-refractivity contribution in [2.75, 3.05) is 31.1 Å². The van der Waals surface area contributed by atoms with Crippen LogP contribution in [0.3, 0.4) is 0 Å². The van der Waals surface area contributed by atoms with Crippen molar-refractivity contribution in [2.45, 2.75) is 68.3 Å². The minimum atomic E-state index is -3.70. The van der Waals surface area contributed by atoms with Crippen LogP contribution in [0.25, 0.3) is 0 Å². The van der Waals surface area contributed by atoms with E-state index in [1.165, 1.54) is 29.3 Å². The first-order valence-corrected chi connectivity index (χ1v) is 12.2. The summed E-state index contributed by atoms with van der Waals surface area (Å²) in [5, 5.41) is 15.4. The first-order valence-electron chi connectivity index (χ1n) is 10.7. The Hall–Kier alpha value is -1.71. The standard InChI is InChI=1S/C20H30N4O4S/c25-24(26)20-15-18(29(27,28)23-11-3-1-2-4-12-23)7-8-19(20)22-13-9-17(10-14-22)21-16-5-6-16/h7-8,15-17,21H,1-6,9-14H2. The van der Waals surface area contributed by atoms with E-state index in [0.29, 0.717) is 30.9 Å². The Balaban J connectivity index is 1.53. The maximum atomic E-state index is 13.0. The molecular formula is C20H30N4O4S. The molecule has 0 atom stereocenters. The molecule has 0 radical (unpaired) electrons. The molecule has 2 saturated heterocycles. The second-order valence-electron chi connectivity index (χ2n) is 8.43. The third kappa shape index (κ3) is 4.73. The van der Waals surface area contributed by atoms with Crippen LogP contribution >= 0.6 is 0 Å². The lowest BCUT2D eigenvalue weighted by molar-refractivity contribution is -0.384. The van der Waals surface area contributed by atoms with Crippen molar-refractivity contribution in [3.63, 3.8) is 0 Å². The number of hydrogen-bond acceptors (Lipinski definition) is 6. The van der Waals surface area contributed by atoms with Crippen LogP contribution in [-0.4, -0.2) is 55.9 Å². The van der Waals surface area contributed by atoms with Crippen molar-refractivity contribution in [2.24, 2.45) is 0 Å². The van der Waals surface area contributed by atoms with Crippen molar-refractivity contribution < 1.29 is 13.3 Å². The largest absolute Gasteiger partial charge is 0.366 e. The molecule has 1 aromatic rings. The molecule has 1 saturated carbocycles. The van der Waals surface area contributed by atoms with Gasteiger partial charge in [-0.05, 0) is 50.7 Å². The van der Waals surface area contributed by atoms with Gasteiger partial charge in [-0.2, -0.15) is 4.31 Å². The van der Waals surface area contributed by atoms with Gasteiger partial charge >= 0.3 is 0 Å². The van der Waals surface area contributed by atoms with Crippen LogP contribution in [0.15, 0.2) is 23.1 Å². The van der Waals surface area contributed by atoms with Gasteiger partial charge < -0.3 is 10.2 Å². The highest BCUT2D eigenvalue weighted by Crippen LogP contribution is 2.34. The summed E-state index contributed by atoms with van der Waals surface area (Å²) in [7, 11) is -3.70. The monoisotopic (exact) mass is 422 g/mol. The quantitative estimate of drug-likeness (QED) is 0.559. The lowest BCUT2D eigenvalue weighted by atomic mass is 10.0. The number of nitrogens with one attached hydrogen (secondary N) is 1. The van der Waals surface area contributed by atoms with Crippen LogP contribution in [0.5, 0.6) is 0 Å². The fourth-order valence-electron chi connectivity index (χ4n) is 4.38. The maximum absolute atomic E-state index is 13.0. The van der Waals surface area contributed by atoms with Gasteiger partial charge in [-0.25, -0.2) is 8.42 Å². The van der Waals surface area contributed by atoms with Crippen LogP contribution in [0.4, 0.5) is 11.4 Å². The van der Waals surface area contributed by atoms with Crippen molar-refractivity contribution in [3.8, 4) is 0 Å². The van der Waals surface area contributed by atoms with Crippen LogP contribution < -0.4 is 10.2 Å². The predicted octanol–water partition coefficient (Wildman–Crippen LogP) is 2.88. The average Bonchev–Trinajstić information content (AvgIpc) is 3.55. The van der Waals surface area contributed by atoms with E-state index in [4.69, 9.17) is 0 Å². The van der Waals surface area contributed by atoms with Gasteiger partial charge in [-0.1, -0.05) is 12.8 Å². The number of nitrogens with zero attached hydrogens (tertiary/aromatic N) is 3. The molecule has 4 rings (SSSR count). The molecule has 1 aromatic carbocycles. The van der Waals surface area contributed by atoms with Crippen LogP contribution in [0, 0.1) is 10.1 Å². The van der Waals surface area contributed by atoms with Crippen molar-refractivity contribution in [3.05, 3.63) is 28.3 Å². The Bertz CT molecular complexity index is 840. The predicted molar refractivity (Wildman–Crippen MR) is 112 cm³/mol. The van der Waals surface area contributed by atoms with Gasteiger partial charge in [0.1, 0.15) is 5.69 Å². The topological polar surface area (TPSA) is 95.8 Å². The minimum Gasteiger partial charge on any atom is -0.366 e. The molecule has 0 amide bonds. The minimum absolute atomic E-state index is 0.0279. The molecule has 9 heteroatoms. The molecule has 160 valence electrons. The number of piperidine rings is 1. The molecule has 0 aromatic heterocycles. The van der Waals surface area contributed by atoms with E-state index in [0.717, 1.165) is 51.6 Å². The molecule has 8 nitrogen and oxygen atoms in total. The molecule has 2 heterocycles. The molecule has 0 unspecified atom stereocenters. The molecule has 1 aliphatic carbocycles. The molecular weight excluding hydrogens is 392 g/mol. The number of benzene rings is 1. The number of hydrogen-bond donors (Lipinski definition) is 1. The second-order valence-corrected chi connectivity index (χ2v) is 10.4. The smallest absolute Gasteiger partial charge is 0.293 e. The fraction of sp³-hybridized carbons (Fsp3) is 0.700. The van der Waals surface area contributed by atoms with E-state index in [1.54, 1.807) is 6.07 Å². The normalized spacial score (nSPS) is 22.4. The summed E-state index contributed by atoms with van der Waals surface area (Å²) in [6.07, 6.45) is 8.11. The van der Waals surface area contributed by atoms with E-state index in [9.17, 15) is 18.5 Å². The SMILES string of the molecule is O=[N+]([O-])c1cc(S(=O)(=O)N2CCCCCC2)ccc1N1CCC(NC2CC2)CC1. The van der Waals surface area contributed by atoms with Gasteiger partial charge in [0.25, 0.3) is 5.69 Å². The molecule has 1 N–H and O–H groups in total. The van der Waals surface area contributed by atoms with Crippen LogP contribution in [0.2, 0.25) is 0 Å². The van der Waals surface area contributed by atoms with Gasteiger partial charge in [-0.3, -0.25) is 10.1 Å². The van der Waals surface area contributed by atoms with Gasteiger partial charge in [0.2, 0.25) is 10.0 Å². The highest BCUT2D eigenvalue weighted by molar-refractivity contribution is 7.89. The van der Waals surface area contributed by atoms with Crippen molar-refractivity contribution in [1.82, 2.24) is 9.62 Å². The number of rotatable bonds is 6. The van der Waals surface area contributed by atoms with Crippen LogP contribution in [-0.2, 0) is 10.0 Å². The zero-order chi connectivity index (χ0) is 20.4. The number of sulfonamides is 1. The second kappa shape index (κ2) is 8.57. The summed E-state index contributed by atoms with van der Waals surface area (Å²) >= 11 is 0. The summed E-state index contributed by atoms with van der Waals surface area (Å²) in [6.45, 7) is 2.45. The third-order valence-electron chi connectivity index (χ3n) is 6.23. The van der Waals surface area contributed by atoms with E-state index in [1.807, 2.05) is 4.90 Å². The summed E-state index contributed by atoms with van der Waals surface area (Å²) < 4.78 is 27.6. The highest BCUT2D eigenvalue weighted by atomic mass is 32.2. The van der Waals surface area contributed by atoms with E-state index in [2.05, 4.69) is 5.32 Å². The first kappa shape index (κ1) is 20.6. The highest BCUT2D eigenvalue weighted by Gasteiger charge is 2.31. The van der Waals surface area contributed by atoms with E-state index >= 15 is 0 Å². The number of anilines is 1. The molecule has 0 spiro atoms. The van der Waals surface area contributed by atoms with Gasteiger partial charge in [0.05, 0.1) is 9.82 Å². The summed E-state index contributed by atoms with van der Waals surface area (Å²) in [6, 6.07) is 5.54. The van der Waals surface area contributed by atoms with Crippen LogP contribution in [0.1, 0.15) is 51.4 Å². The lowest BCUT2D eigenvalue weighted by Crippen LogP contribution is -2.43. The average molecular weight is 423 g/mol. The molecule has 0 bridgehead atoms. The Morgan fingerprint density at radius 3 is 2.14 bits per heavy atom. The molecule has 3 aliphatic rings. The number of nitro benzene ring substituents is 1. The molecule has 2 aliphatic heterocycles. The summed E-state index contributed by atoms with van der Waals surface area (Å²) in [5.74, 6) is 0. The first-order chi connectivity index (χ1) is 13.9. The van der Waals surface area contributed by atoms with Gasteiger partial charge in [-0.15, -0.1) is 0 Å². The Labute approximate surface area is 172 Å². The molecule has 3 fully saturated rings. The Morgan fingerprint density at radius 1 is 0.931 bits per heavy atom. The van der Waals surface area contributed by atoms with Crippen molar-refractivity contribution >= 4 is 21.4 Å². The van der Waals surface area contributed by atoms with Crippen molar-refractivity contribution in [1.29, 1.82) is 0 Å². The number of nitro groups is 1. The van der Waals surface area contributed by atoms with E-state index < -0.39 is 14.9 Å². The summed E-state index contributed by atoms with van der Waals surface area (Å²) in [5.41, 5.74) is 0.407. The zero-order valence-corrected chi connectivity index (χ0v) is 17.6. The fourth-order valence-corrected chi connectivity index (χ4v) is 5.92.